The maximum absolute atomic E-state index is 12.1. The Bertz CT molecular complexity index is 1000. The summed E-state index contributed by atoms with van der Waals surface area (Å²) < 4.78 is 26.8. The summed E-state index contributed by atoms with van der Waals surface area (Å²) in [6.45, 7) is 0.596. The molecule has 0 unspecified atom stereocenters. The van der Waals surface area contributed by atoms with Gasteiger partial charge < -0.3 is 10.6 Å². The molecule has 2 aromatic heterocycles. The summed E-state index contributed by atoms with van der Waals surface area (Å²) in [5, 5.41) is 14.7. The molecule has 8 nitrogen and oxygen atoms in total. The molecule has 146 valence electrons. The zero-order valence-corrected chi connectivity index (χ0v) is 16.4. The minimum atomic E-state index is -3.45. The second-order valence-corrected chi connectivity index (χ2v) is 8.12. The monoisotopic (exact) mass is 418 g/mol. The van der Waals surface area contributed by atoms with Crippen LogP contribution in [0.1, 0.15) is 5.56 Å². The SMILES string of the molecule is O=S(=O)(Cc1cccc(Cl)c1)NCCNc1ccc(Nc2cccnc2)nn1. The van der Waals surface area contributed by atoms with Crippen LogP contribution in [0.3, 0.4) is 0 Å². The van der Waals surface area contributed by atoms with Crippen LogP contribution in [-0.2, 0) is 15.8 Å². The molecule has 0 spiro atoms. The highest BCUT2D eigenvalue weighted by atomic mass is 35.5. The van der Waals surface area contributed by atoms with Crippen molar-refractivity contribution in [3.63, 3.8) is 0 Å². The van der Waals surface area contributed by atoms with Crippen LogP contribution in [0.25, 0.3) is 0 Å². The molecule has 3 rings (SSSR count). The van der Waals surface area contributed by atoms with Gasteiger partial charge in [-0.15, -0.1) is 10.2 Å². The van der Waals surface area contributed by atoms with E-state index in [4.69, 9.17) is 11.6 Å². The number of benzene rings is 1. The number of anilines is 3. The van der Waals surface area contributed by atoms with Crippen molar-refractivity contribution in [1.82, 2.24) is 19.9 Å². The minimum Gasteiger partial charge on any atom is -0.367 e. The molecular formula is C18H19ClN6O2S. The molecule has 0 fully saturated rings. The Kier molecular flexibility index (Phi) is 6.75. The number of rotatable bonds is 9. The summed E-state index contributed by atoms with van der Waals surface area (Å²) >= 11 is 5.88. The molecule has 0 amide bonds. The van der Waals surface area contributed by atoms with Gasteiger partial charge in [-0.25, -0.2) is 13.1 Å². The number of aromatic nitrogens is 3. The lowest BCUT2D eigenvalue weighted by molar-refractivity contribution is 0.582. The summed E-state index contributed by atoms with van der Waals surface area (Å²) in [6.07, 6.45) is 3.37. The lowest BCUT2D eigenvalue weighted by atomic mass is 10.2. The van der Waals surface area contributed by atoms with Crippen molar-refractivity contribution in [1.29, 1.82) is 0 Å². The molecule has 0 atom stereocenters. The number of sulfonamides is 1. The molecule has 10 heteroatoms. The zero-order valence-electron chi connectivity index (χ0n) is 14.8. The van der Waals surface area contributed by atoms with E-state index in [-0.39, 0.29) is 12.3 Å². The molecule has 0 aliphatic carbocycles. The van der Waals surface area contributed by atoms with E-state index in [2.05, 4.69) is 30.5 Å². The standard InChI is InChI=1S/C18H19ClN6O2S/c19-15-4-1-3-14(11-15)13-28(26,27)22-10-9-21-17-6-7-18(25-24-17)23-16-5-2-8-20-12-16/h1-8,11-12,22H,9-10,13H2,(H,21,24)(H,23,25). The summed E-state index contributed by atoms with van der Waals surface area (Å²) in [5.41, 5.74) is 1.45. The van der Waals surface area contributed by atoms with Gasteiger partial charge in [0.1, 0.15) is 5.82 Å². The van der Waals surface area contributed by atoms with Crippen LogP contribution < -0.4 is 15.4 Å². The van der Waals surface area contributed by atoms with Gasteiger partial charge in [0.2, 0.25) is 10.0 Å². The third kappa shape index (κ3) is 6.45. The van der Waals surface area contributed by atoms with Crippen molar-refractivity contribution in [2.75, 3.05) is 23.7 Å². The van der Waals surface area contributed by atoms with Gasteiger partial charge in [0.05, 0.1) is 17.6 Å². The van der Waals surface area contributed by atoms with E-state index in [0.717, 1.165) is 5.69 Å². The Hall–Kier alpha value is -2.75. The van der Waals surface area contributed by atoms with Gasteiger partial charge in [-0.2, -0.15) is 0 Å². The van der Waals surface area contributed by atoms with Crippen molar-refractivity contribution >= 4 is 38.9 Å². The van der Waals surface area contributed by atoms with Crippen molar-refractivity contribution < 1.29 is 8.42 Å². The van der Waals surface area contributed by atoms with Gasteiger partial charge in [0.15, 0.2) is 5.82 Å². The zero-order chi connectivity index (χ0) is 19.8. The topological polar surface area (TPSA) is 109 Å². The van der Waals surface area contributed by atoms with E-state index in [1.54, 1.807) is 48.8 Å². The number of nitrogens with zero attached hydrogens (tertiary/aromatic N) is 3. The fourth-order valence-electron chi connectivity index (χ4n) is 2.37. The van der Waals surface area contributed by atoms with E-state index in [0.29, 0.717) is 28.8 Å². The fourth-order valence-corrected chi connectivity index (χ4v) is 3.72. The van der Waals surface area contributed by atoms with E-state index in [9.17, 15) is 8.42 Å². The van der Waals surface area contributed by atoms with Gasteiger partial charge in [0.25, 0.3) is 0 Å². The number of hydrogen-bond acceptors (Lipinski definition) is 7. The Balaban J connectivity index is 1.43. The Morgan fingerprint density at radius 2 is 1.79 bits per heavy atom. The Morgan fingerprint density at radius 3 is 2.50 bits per heavy atom. The number of hydrogen-bond donors (Lipinski definition) is 3. The van der Waals surface area contributed by atoms with E-state index >= 15 is 0 Å². The fraction of sp³-hybridized carbons (Fsp3) is 0.167. The Morgan fingerprint density at radius 1 is 0.964 bits per heavy atom. The molecule has 1 aromatic carbocycles. The van der Waals surface area contributed by atoms with Crippen LogP contribution in [0, 0.1) is 0 Å². The highest BCUT2D eigenvalue weighted by Crippen LogP contribution is 2.14. The second-order valence-electron chi connectivity index (χ2n) is 5.88. The van der Waals surface area contributed by atoms with Crippen molar-refractivity contribution in [3.8, 4) is 0 Å². The average Bonchev–Trinajstić information content (AvgIpc) is 2.67. The maximum atomic E-state index is 12.1. The maximum Gasteiger partial charge on any atom is 0.215 e. The number of halogens is 1. The van der Waals surface area contributed by atoms with Crippen LogP contribution in [-0.4, -0.2) is 36.7 Å². The third-order valence-corrected chi connectivity index (χ3v) is 5.19. The lowest BCUT2D eigenvalue weighted by Crippen LogP contribution is -2.30. The molecule has 2 heterocycles. The van der Waals surface area contributed by atoms with Crippen LogP contribution in [0.4, 0.5) is 17.3 Å². The summed E-state index contributed by atoms with van der Waals surface area (Å²) in [5.74, 6) is 1.01. The first-order valence-corrected chi connectivity index (χ1v) is 10.5. The van der Waals surface area contributed by atoms with E-state index < -0.39 is 10.0 Å². The molecular weight excluding hydrogens is 400 g/mol. The van der Waals surface area contributed by atoms with Gasteiger partial charge in [-0.05, 0) is 42.0 Å². The first-order chi connectivity index (χ1) is 13.5. The number of nitrogens with one attached hydrogen (secondary N) is 3. The van der Waals surface area contributed by atoms with Crippen LogP contribution >= 0.6 is 11.6 Å². The quantitative estimate of drug-likeness (QED) is 0.458. The summed E-state index contributed by atoms with van der Waals surface area (Å²) in [7, 11) is -3.45. The molecule has 3 aromatic rings. The van der Waals surface area contributed by atoms with Crippen molar-refractivity contribution in [2.24, 2.45) is 0 Å². The number of pyridine rings is 1. The largest absolute Gasteiger partial charge is 0.367 e. The van der Waals surface area contributed by atoms with Crippen LogP contribution in [0.5, 0.6) is 0 Å². The second kappa shape index (κ2) is 9.45. The summed E-state index contributed by atoms with van der Waals surface area (Å²) in [4.78, 5) is 4.01. The Labute approximate surface area is 168 Å². The molecule has 0 saturated carbocycles. The highest BCUT2D eigenvalue weighted by Gasteiger charge is 2.11. The predicted molar refractivity (Wildman–Crippen MR) is 110 cm³/mol. The summed E-state index contributed by atoms with van der Waals surface area (Å²) in [6, 6.07) is 14.0. The van der Waals surface area contributed by atoms with Crippen molar-refractivity contribution in [2.45, 2.75) is 5.75 Å². The molecule has 0 bridgehead atoms. The smallest absolute Gasteiger partial charge is 0.215 e. The average molecular weight is 419 g/mol. The lowest BCUT2D eigenvalue weighted by Gasteiger charge is -2.09. The third-order valence-electron chi connectivity index (χ3n) is 3.60. The van der Waals surface area contributed by atoms with Crippen molar-refractivity contribution in [3.05, 3.63) is 71.5 Å². The molecule has 28 heavy (non-hydrogen) atoms. The van der Waals surface area contributed by atoms with E-state index in [1.165, 1.54) is 0 Å². The highest BCUT2D eigenvalue weighted by molar-refractivity contribution is 7.88. The first kappa shape index (κ1) is 20.0. The molecule has 0 aliphatic rings. The van der Waals surface area contributed by atoms with Crippen LogP contribution in [0.2, 0.25) is 5.02 Å². The first-order valence-electron chi connectivity index (χ1n) is 8.47. The van der Waals surface area contributed by atoms with E-state index in [1.807, 2.05) is 12.1 Å². The molecule has 0 aliphatic heterocycles. The van der Waals surface area contributed by atoms with Gasteiger partial charge in [-0.3, -0.25) is 4.98 Å². The van der Waals surface area contributed by atoms with Crippen LogP contribution in [0.15, 0.2) is 60.9 Å². The van der Waals surface area contributed by atoms with Gasteiger partial charge in [0, 0.05) is 24.3 Å². The van der Waals surface area contributed by atoms with Gasteiger partial charge >= 0.3 is 0 Å². The minimum absolute atomic E-state index is 0.123. The van der Waals surface area contributed by atoms with Gasteiger partial charge in [-0.1, -0.05) is 23.7 Å². The molecule has 0 radical (unpaired) electrons. The molecule has 0 saturated heterocycles. The predicted octanol–water partition coefficient (Wildman–Crippen LogP) is 2.80. The molecule has 3 N–H and O–H groups in total. The normalized spacial score (nSPS) is 11.2.